The van der Waals surface area contributed by atoms with E-state index in [9.17, 15) is 0 Å². The van der Waals surface area contributed by atoms with Gasteiger partial charge >= 0.3 is 0 Å². The average Bonchev–Trinajstić information content (AvgIpc) is 3.66. The molecule has 242 valence electrons. The predicted octanol–water partition coefficient (Wildman–Crippen LogP) is 13.8. The standard InChI is InChI=1S/C49H35NO/c1-49(2)43-23-10-8-18-37(43)39-20-13-25-45(47(39)49)50(36-28-26-33(27-29-36)32-14-4-3-5-15-32)44-24-11-9-19-38(44)40-21-12-22-41-42-30-34-16-6-7-17-35(34)31-46(42)51-48(40)41/h3-31H,1-2H3. The van der Waals surface area contributed by atoms with E-state index in [-0.39, 0.29) is 5.41 Å². The fourth-order valence-electron chi connectivity index (χ4n) is 8.44. The maximum absolute atomic E-state index is 6.79. The van der Waals surface area contributed by atoms with Gasteiger partial charge in [-0.15, -0.1) is 0 Å². The zero-order valence-electron chi connectivity index (χ0n) is 28.6. The zero-order chi connectivity index (χ0) is 34.1. The van der Waals surface area contributed by atoms with Gasteiger partial charge in [0, 0.05) is 33.0 Å². The number of anilines is 3. The van der Waals surface area contributed by atoms with Crippen LogP contribution in [0.3, 0.4) is 0 Å². The molecule has 0 aliphatic heterocycles. The lowest BCUT2D eigenvalue weighted by molar-refractivity contribution is 0.660. The number of rotatable bonds is 5. The first-order chi connectivity index (χ1) is 25.1. The molecule has 1 aliphatic carbocycles. The van der Waals surface area contributed by atoms with E-state index in [2.05, 4.69) is 195 Å². The quantitative estimate of drug-likeness (QED) is 0.184. The first-order valence-electron chi connectivity index (χ1n) is 17.7. The minimum absolute atomic E-state index is 0.194. The summed E-state index contributed by atoms with van der Waals surface area (Å²) < 4.78 is 6.79. The molecule has 0 N–H and O–H groups in total. The first kappa shape index (κ1) is 29.5. The van der Waals surface area contributed by atoms with E-state index in [4.69, 9.17) is 4.42 Å². The smallest absolute Gasteiger partial charge is 0.143 e. The van der Waals surface area contributed by atoms with Crippen molar-refractivity contribution in [3.63, 3.8) is 0 Å². The van der Waals surface area contributed by atoms with Gasteiger partial charge in [-0.2, -0.15) is 0 Å². The van der Waals surface area contributed by atoms with E-state index < -0.39 is 0 Å². The number of benzene rings is 8. The SMILES string of the molecule is CC1(C)c2ccccc2-c2cccc(N(c3ccc(-c4ccccc4)cc3)c3ccccc3-c3cccc4c3oc3cc5ccccc5cc34)c21. The van der Waals surface area contributed by atoms with Gasteiger partial charge in [0.2, 0.25) is 0 Å². The molecule has 0 spiro atoms. The molecule has 0 fully saturated rings. The molecule has 0 unspecified atom stereocenters. The van der Waals surface area contributed by atoms with E-state index in [1.165, 1.54) is 49.8 Å². The monoisotopic (exact) mass is 653 g/mol. The number of hydrogen-bond acceptors (Lipinski definition) is 2. The van der Waals surface area contributed by atoms with Crippen molar-refractivity contribution in [1.29, 1.82) is 0 Å². The Kier molecular flexibility index (Phi) is 6.56. The number of fused-ring (bicyclic) bond motifs is 7. The Hall–Kier alpha value is -6.38. The molecule has 0 radical (unpaired) electrons. The fourth-order valence-corrected chi connectivity index (χ4v) is 8.44. The summed E-state index contributed by atoms with van der Waals surface area (Å²) in [5.74, 6) is 0. The summed E-state index contributed by atoms with van der Waals surface area (Å²) in [4.78, 5) is 2.46. The number of para-hydroxylation sites is 2. The highest BCUT2D eigenvalue weighted by Crippen LogP contribution is 2.55. The molecule has 0 saturated carbocycles. The van der Waals surface area contributed by atoms with Gasteiger partial charge in [-0.05, 0) is 80.6 Å². The number of furan rings is 1. The van der Waals surface area contributed by atoms with E-state index in [0.717, 1.165) is 44.4 Å². The summed E-state index contributed by atoms with van der Waals surface area (Å²) in [5.41, 5.74) is 14.9. The van der Waals surface area contributed by atoms with Crippen LogP contribution in [-0.4, -0.2) is 0 Å². The number of nitrogens with zero attached hydrogens (tertiary/aromatic N) is 1. The summed E-state index contributed by atoms with van der Waals surface area (Å²) in [5, 5.41) is 4.65. The molecule has 0 saturated heterocycles. The van der Waals surface area contributed by atoms with Crippen LogP contribution in [0, 0.1) is 0 Å². The molecule has 2 nitrogen and oxygen atoms in total. The average molecular weight is 654 g/mol. The van der Waals surface area contributed by atoms with E-state index >= 15 is 0 Å². The molecule has 1 aromatic heterocycles. The van der Waals surface area contributed by atoms with E-state index in [1.807, 2.05) is 0 Å². The Bertz CT molecular complexity index is 2770. The molecule has 8 aromatic carbocycles. The molecule has 0 bridgehead atoms. The number of hydrogen-bond donors (Lipinski definition) is 0. The van der Waals surface area contributed by atoms with Gasteiger partial charge in [-0.3, -0.25) is 0 Å². The van der Waals surface area contributed by atoms with Crippen LogP contribution in [0.5, 0.6) is 0 Å². The summed E-state index contributed by atoms with van der Waals surface area (Å²) in [6, 6.07) is 63.6. The van der Waals surface area contributed by atoms with Crippen LogP contribution in [0.4, 0.5) is 17.1 Å². The normalized spacial score (nSPS) is 13.1. The van der Waals surface area contributed by atoms with Crippen molar-refractivity contribution in [2.24, 2.45) is 0 Å². The molecule has 51 heavy (non-hydrogen) atoms. The Labute approximate surface area is 297 Å². The van der Waals surface area contributed by atoms with Gasteiger partial charge in [-0.25, -0.2) is 0 Å². The summed E-state index contributed by atoms with van der Waals surface area (Å²) in [6.07, 6.45) is 0. The van der Waals surface area contributed by atoms with Gasteiger partial charge in [0.25, 0.3) is 0 Å². The van der Waals surface area contributed by atoms with Crippen molar-refractivity contribution >= 4 is 49.8 Å². The molecular weight excluding hydrogens is 619 g/mol. The Morgan fingerprint density at radius 1 is 0.451 bits per heavy atom. The zero-order valence-corrected chi connectivity index (χ0v) is 28.6. The second-order valence-corrected chi connectivity index (χ2v) is 14.1. The largest absolute Gasteiger partial charge is 0.455 e. The third-order valence-electron chi connectivity index (χ3n) is 10.8. The molecule has 2 heteroatoms. The minimum atomic E-state index is -0.194. The van der Waals surface area contributed by atoms with Crippen molar-refractivity contribution in [2.75, 3.05) is 4.90 Å². The van der Waals surface area contributed by atoms with Crippen LogP contribution in [-0.2, 0) is 5.41 Å². The summed E-state index contributed by atoms with van der Waals surface area (Å²) in [7, 11) is 0. The van der Waals surface area contributed by atoms with Gasteiger partial charge in [0.05, 0.1) is 11.4 Å². The highest BCUT2D eigenvalue weighted by Gasteiger charge is 2.39. The van der Waals surface area contributed by atoms with Crippen molar-refractivity contribution < 1.29 is 4.42 Å². The first-order valence-corrected chi connectivity index (χ1v) is 17.7. The molecule has 9 aromatic rings. The van der Waals surface area contributed by atoms with Crippen LogP contribution < -0.4 is 4.90 Å². The Morgan fingerprint density at radius 3 is 1.88 bits per heavy atom. The van der Waals surface area contributed by atoms with Crippen LogP contribution in [0.25, 0.3) is 66.1 Å². The molecule has 0 amide bonds. The van der Waals surface area contributed by atoms with E-state index in [0.29, 0.717) is 0 Å². The molecule has 1 heterocycles. The van der Waals surface area contributed by atoms with Gasteiger partial charge in [-0.1, -0.05) is 153 Å². The third kappa shape index (κ3) is 4.57. The third-order valence-corrected chi connectivity index (χ3v) is 10.8. The highest BCUT2D eigenvalue weighted by molar-refractivity contribution is 6.14. The second-order valence-electron chi connectivity index (χ2n) is 14.1. The maximum atomic E-state index is 6.79. The molecule has 1 aliphatic rings. The van der Waals surface area contributed by atoms with Crippen LogP contribution >= 0.6 is 0 Å². The van der Waals surface area contributed by atoms with Crippen molar-refractivity contribution in [1.82, 2.24) is 0 Å². The predicted molar refractivity (Wildman–Crippen MR) is 214 cm³/mol. The fraction of sp³-hybridized carbons (Fsp3) is 0.0612. The molecule has 0 atom stereocenters. The van der Waals surface area contributed by atoms with Crippen LogP contribution in [0.2, 0.25) is 0 Å². The van der Waals surface area contributed by atoms with Crippen molar-refractivity contribution in [2.45, 2.75) is 19.3 Å². The van der Waals surface area contributed by atoms with Crippen LogP contribution in [0.15, 0.2) is 180 Å². The topological polar surface area (TPSA) is 16.4 Å². The lowest BCUT2D eigenvalue weighted by Crippen LogP contribution is -2.21. The summed E-state index contributed by atoms with van der Waals surface area (Å²) in [6.45, 7) is 4.73. The van der Waals surface area contributed by atoms with Gasteiger partial charge in [0.1, 0.15) is 11.2 Å². The van der Waals surface area contributed by atoms with Gasteiger partial charge in [0.15, 0.2) is 0 Å². The van der Waals surface area contributed by atoms with Gasteiger partial charge < -0.3 is 9.32 Å². The Balaban J connectivity index is 1.22. The lowest BCUT2D eigenvalue weighted by atomic mass is 9.81. The summed E-state index contributed by atoms with van der Waals surface area (Å²) >= 11 is 0. The molecular formula is C49H35NO. The Morgan fingerprint density at radius 2 is 1.06 bits per heavy atom. The van der Waals surface area contributed by atoms with Crippen molar-refractivity contribution in [3.05, 3.63) is 187 Å². The van der Waals surface area contributed by atoms with Crippen molar-refractivity contribution in [3.8, 4) is 33.4 Å². The maximum Gasteiger partial charge on any atom is 0.143 e. The second kappa shape index (κ2) is 11.3. The molecule has 10 rings (SSSR count). The highest BCUT2D eigenvalue weighted by atomic mass is 16.3. The van der Waals surface area contributed by atoms with Crippen LogP contribution in [0.1, 0.15) is 25.0 Å². The van der Waals surface area contributed by atoms with E-state index in [1.54, 1.807) is 0 Å². The minimum Gasteiger partial charge on any atom is -0.455 e. The lowest BCUT2D eigenvalue weighted by Gasteiger charge is -2.33.